The summed E-state index contributed by atoms with van der Waals surface area (Å²) in [6.07, 6.45) is 5.08. The summed E-state index contributed by atoms with van der Waals surface area (Å²) < 4.78 is 28.7. The van der Waals surface area contributed by atoms with Gasteiger partial charge in [0.05, 0.1) is 0 Å². The molecule has 3 nitrogen and oxygen atoms in total. The predicted octanol–water partition coefficient (Wildman–Crippen LogP) is 3.00. The molecule has 1 saturated carbocycles. The van der Waals surface area contributed by atoms with E-state index in [1.54, 1.807) is 12.1 Å². The number of hydrogen-bond donors (Lipinski definition) is 1. The Hall–Kier alpha value is -1.20. The molecule has 0 bridgehead atoms. The van der Waals surface area contributed by atoms with E-state index < -0.39 is 6.61 Å². The zero-order chi connectivity index (χ0) is 14.7. The maximum absolute atomic E-state index is 12.1. The monoisotopic (exact) mass is 296 g/mol. The molecule has 2 fully saturated rings. The van der Waals surface area contributed by atoms with Crippen LogP contribution in [0.2, 0.25) is 0 Å². The summed E-state index contributed by atoms with van der Waals surface area (Å²) in [4.78, 5) is 2.52. The summed E-state index contributed by atoms with van der Waals surface area (Å²) >= 11 is 0. The molecule has 1 saturated heterocycles. The van der Waals surface area contributed by atoms with E-state index in [1.807, 2.05) is 12.1 Å². The Labute approximate surface area is 124 Å². The number of alkyl halides is 2. The standard InChI is InChI=1S/C16H22F2N2O/c17-16(18)21-15-7-3-12(4-8-15)10-20(14-5-6-14)11-13-2-1-9-19-13/h3-4,7-8,13-14,16,19H,1-2,5-6,9-11H2. The van der Waals surface area contributed by atoms with Crippen molar-refractivity contribution in [1.29, 1.82) is 0 Å². The zero-order valence-corrected chi connectivity index (χ0v) is 12.1. The Balaban J connectivity index is 1.57. The van der Waals surface area contributed by atoms with Crippen molar-refractivity contribution in [2.45, 2.75) is 50.9 Å². The maximum atomic E-state index is 12.1. The van der Waals surface area contributed by atoms with Crippen LogP contribution >= 0.6 is 0 Å². The van der Waals surface area contributed by atoms with Gasteiger partial charge in [-0.25, -0.2) is 0 Å². The summed E-state index contributed by atoms with van der Waals surface area (Å²) in [5.74, 6) is 0.226. The lowest BCUT2D eigenvalue weighted by molar-refractivity contribution is -0.0498. The molecule has 2 aliphatic rings. The molecule has 0 amide bonds. The number of rotatable bonds is 7. The van der Waals surface area contributed by atoms with Crippen molar-refractivity contribution >= 4 is 0 Å². The quantitative estimate of drug-likeness (QED) is 0.837. The van der Waals surface area contributed by atoms with Gasteiger partial charge in [-0.05, 0) is 49.9 Å². The van der Waals surface area contributed by atoms with Crippen molar-refractivity contribution in [3.8, 4) is 5.75 Å². The van der Waals surface area contributed by atoms with Gasteiger partial charge in [-0.2, -0.15) is 8.78 Å². The first-order valence-electron chi connectivity index (χ1n) is 7.72. The Bertz CT molecular complexity index is 442. The first-order valence-corrected chi connectivity index (χ1v) is 7.72. The lowest BCUT2D eigenvalue weighted by Gasteiger charge is -2.25. The molecule has 1 aromatic carbocycles. The zero-order valence-electron chi connectivity index (χ0n) is 12.1. The number of halogens is 2. The molecule has 1 aromatic rings. The van der Waals surface area contributed by atoms with Crippen molar-refractivity contribution < 1.29 is 13.5 Å². The molecule has 1 aliphatic heterocycles. The lowest BCUT2D eigenvalue weighted by atomic mass is 10.1. The SMILES string of the molecule is FC(F)Oc1ccc(CN(CC2CCCN2)C2CC2)cc1. The van der Waals surface area contributed by atoms with Crippen molar-refractivity contribution in [2.75, 3.05) is 13.1 Å². The van der Waals surface area contributed by atoms with Gasteiger partial charge in [0.15, 0.2) is 0 Å². The highest BCUT2D eigenvalue weighted by Crippen LogP contribution is 2.29. The third kappa shape index (κ3) is 4.38. The third-order valence-corrected chi connectivity index (χ3v) is 4.21. The smallest absolute Gasteiger partial charge is 0.387 e. The molecule has 21 heavy (non-hydrogen) atoms. The highest BCUT2D eigenvalue weighted by atomic mass is 19.3. The first kappa shape index (κ1) is 14.7. The van der Waals surface area contributed by atoms with Crippen LogP contribution in [0, 0.1) is 0 Å². The number of benzene rings is 1. The van der Waals surface area contributed by atoms with E-state index in [9.17, 15) is 8.78 Å². The Kier molecular flexibility index (Phi) is 4.70. The second kappa shape index (κ2) is 6.71. The second-order valence-electron chi connectivity index (χ2n) is 5.98. The Morgan fingerprint density at radius 3 is 2.52 bits per heavy atom. The Morgan fingerprint density at radius 2 is 1.95 bits per heavy atom. The van der Waals surface area contributed by atoms with Crippen molar-refractivity contribution in [2.24, 2.45) is 0 Å². The van der Waals surface area contributed by atoms with Gasteiger partial charge in [0, 0.05) is 25.2 Å². The predicted molar refractivity (Wildman–Crippen MR) is 77.5 cm³/mol. The maximum Gasteiger partial charge on any atom is 0.387 e. The Morgan fingerprint density at radius 1 is 1.19 bits per heavy atom. The minimum atomic E-state index is -2.76. The molecular formula is C16H22F2N2O. The van der Waals surface area contributed by atoms with Gasteiger partial charge in [-0.1, -0.05) is 12.1 Å². The van der Waals surface area contributed by atoms with Crippen molar-refractivity contribution in [1.82, 2.24) is 10.2 Å². The molecule has 1 heterocycles. The minimum absolute atomic E-state index is 0.226. The molecule has 1 atom stereocenters. The molecule has 5 heteroatoms. The molecule has 0 aromatic heterocycles. The summed E-state index contributed by atoms with van der Waals surface area (Å²) in [5.41, 5.74) is 1.15. The van der Waals surface area contributed by atoms with Crippen LogP contribution in [-0.4, -0.2) is 36.7 Å². The van der Waals surface area contributed by atoms with Gasteiger partial charge >= 0.3 is 6.61 Å². The molecule has 0 radical (unpaired) electrons. The number of nitrogens with one attached hydrogen (secondary N) is 1. The fourth-order valence-electron chi connectivity index (χ4n) is 2.99. The highest BCUT2D eigenvalue weighted by molar-refractivity contribution is 5.27. The number of ether oxygens (including phenoxy) is 1. The summed E-state index contributed by atoms with van der Waals surface area (Å²) in [6, 6.07) is 8.32. The van der Waals surface area contributed by atoms with E-state index in [-0.39, 0.29) is 5.75 Å². The summed E-state index contributed by atoms with van der Waals surface area (Å²) in [7, 11) is 0. The average Bonchev–Trinajstić information content (AvgIpc) is 3.18. The van der Waals surface area contributed by atoms with Gasteiger partial charge in [0.25, 0.3) is 0 Å². The minimum Gasteiger partial charge on any atom is -0.435 e. The number of nitrogens with zero attached hydrogens (tertiary/aromatic N) is 1. The van der Waals surface area contributed by atoms with E-state index in [4.69, 9.17) is 0 Å². The van der Waals surface area contributed by atoms with Gasteiger partial charge in [0.1, 0.15) is 5.75 Å². The molecule has 1 unspecified atom stereocenters. The molecule has 1 N–H and O–H groups in total. The van der Waals surface area contributed by atoms with Crippen LogP contribution < -0.4 is 10.1 Å². The first-order chi connectivity index (χ1) is 10.2. The third-order valence-electron chi connectivity index (χ3n) is 4.21. The topological polar surface area (TPSA) is 24.5 Å². The lowest BCUT2D eigenvalue weighted by Crippen LogP contribution is -2.38. The summed E-state index contributed by atoms with van der Waals surface area (Å²) in [5, 5.41) is 3.54. The van der Waals surface area contributed by atoms with Gasteiger partial charge < -0.3 is 10.1 Å². The fourth-order valence-corrected chi connectivity index (χ4v) is 2.99. The van der Waals surface area contributed by atoms with Crippen LogP contribution in [0.1, 0.15) is 31.2 Å². The van der Waals surface area contributed by atoms with Crippen molar-refractivity contribution in [3.63, 3.8) is 0 Å². The normalized spacial score (nSPS) is 22.2. The van der Waals surface area contributed by atoms with Crippen LogP contribution in [0.3, 0.4) is 0 Å². The van der Waals surface area contributed by atoms with Crippen LogP contribution in [-0.2, 0) is 6.54 Å². The molecule has 1 aliphatic carbocycles. The summed E-state index contributed by atoms with van der Waals surface area (Å²) in [6.45, 7) is 0.341. The van der Waals surface area contributed by atoms with Crippen LogP contribution in [0.25, 0.3) is 0 Å². The second-order valence-corrected chi connectivity index (χ2v) is 5.98. The number of hydrogen-bond acceptors (Lipinski definition) is 3. The molecule has 0 spiro atoms. The van der Waals surface area contributed by atoms with E-state index in [2.05, 4.69) is 15.0 Å². The average molecular weight is 296 g/mol. The molecular weight excluding hydrogens is 274 g/mol. The van der Waals surface area contributed by atoms with Gasteiger partial charge in [-0.15, -0.1) is 0 Å². The fraction of sp³-hybridized carbons (Fsp3) is 0.625. The van der Waals surface area contributed by atoms with Crippen molar-refractivity contribution in [3.05, 3.63) is 29.8 Å². The van der Waals surface area contributed by atoms with Gasteiger partial charge in [0.2, 0.25) is 0 Å². The highest BCUT2D eigenvalue weighted by Gasteiger charge is 2.31. The van der Waals surface area contributed by atoms with E-state index in [0.717, 1.165) is 25.2 Å². The van der Waals surface area contributed by atoms with Crippen LogP contribution in [0.4, 0.5) is 8.78 Å². The van der Waals surface area contributed by atoms with E-state index in [1.165, 1.54) is 25.7 Å². The van der Waals surface area contributed by atoms with Crippen LogP contribution in [0.5, 0.6) is 5.75 Å². The van der Waals surface area contributed by atoms with Crippen LogP contribution in [0.15, 0.2) is 24.3 Å². The van der Waals surface area contributed by atoms with Gasteiger partial charge in [-0.3, -0.25) is 4.90 Å². The molecule has 116 valence electrons. The van der Waals surface area contributed by atoms with E-state index in [0.29, 0.717) is 12.1 Å². The largest absolute Gasteiger partial charge is 0.435 e. The van der Waals surface area contributed by atoms with E-state index >= 15 is 0 Å². The molecule has 3 rings (SSSR count).